The number of aromatic nitrogens is 2. The van der Waals surface area contributed by atoms with E-state index in [9.17, 15) is 9.90 Å². The highest BCUT2D eigenvalue weighted by atomic mass is 16.9. The summed E-state index contributed by atoms with van der Waals surface area (Å²) < 4.78 is 12.5. The summed E-state index contributed by atoms with van der Waals surface area (Å²) in [4.78, 5) is 16.7. The second-order valence-electron chi connectivity index (χ2n) is 5.70. The number of para-hydroxylation sites is 1. The molecule has 0 amide bonds. The molecule has 1 aromatic heterocycles. The van der Waals surface area contributed by atoms with E-state index in [1.807, 2.05) is 6.07 Å². The summed E-state index contributed by atoms with van der Waals surface area (Å²) in [7, 11) is 0. The van der Waals surface area contributed by atoms with Crippen LogP contribution in [0.5, 0.6) is 0 Å². The summed E-state index contributed by atoms with van der Waals surface area (Å²) in [5.41, 5.74) is 0.397. The summed E-state index contributed by atoms with van der Waals surface area (Å²) in [6.07, 6.45) is 2.68. The molecule has 7 nitrogen and oxygen atoms in total. The van der Waals surface area contributed by atoms with Gasteiger partial charge in [-0.05, 0) is 31.5 Å². The molecule has 2 aromatic rings. The van der Waals surface area contributed by atoms with Gasteiger partial charge in [0.15, 0.2) is 0 Å². The van der Waals surface area contributed by atoms with Crippen LogP contribution in [-0.2, 0) is 16.0 Å². The fourth-order valence-corrected chi connectivity index (χ4v) is 3.04. The molecule has 2 N–H and O–H groups in total. The van der Waals surface area contributed by atoms with Crippen molar-refractivity contribution in [2.45, 2.75) is 37.7 Å². The Morgan fingerprint density at radius 1 is 1.41 bits per heavy atom. The third-order valence-electron chi connectivity index (χ3n) is 4.10. The molecule has 0 saturated carbocycles. The van der Waals surface area contributed by atoms with Crippen LogP contribution in [0.2, 0.25) is 0 Å². The maximum absolute atomic E-state index is 12.5. The van der Waals surface area contributed by atoms with Crippen molar-refractivity contribution in [2.24, 2.45) is 0 Å². The van der Waals surface area contributed by atoms with Crippen molar-refractivity contribution in [3.63, 3.8) is 0 Å². The molecule has 0 bridgehead atoms. The molecule has 4 rings (SSSR count). The molecular weight excluding hydrogens is 286 g/mol. The molecule has 2 aliphatic rings. The molecular formula is C15H17N3O4. The van der Waals surface area contributed by atoms with Crippen LogP contribution in [0, 0.1) is 0 Å². The predicted molar refractivity (Wildman–Crippen MR) is 77.9 cm³/mol. The topological polar surface area (TPSA) is 85.6 Å². The molecule has 2 saturated heterocycles. The number of rotatable bonds is 2. The summed E-state index contributed by atoms with van der Waals surface area (Å²) >= 11 is 0. The Morgan fingerprint density at radius 2 is 2.27 bits per heavy atom. The van der Waals surface area contributed by atoms with Crippen LogP contribution in [0.3, 0.4) is 0 Å². The maximum atomic E-state index is 12.5. The Labute approximate surface area is 126 Å². The average Bonchev–Trinajstić information content (AvgIpc) is 2.86. The van der Waals surface area contributed by atoms with Gasteiger partial charge in [0, 0.05) is 0 Å². The standard InChI is InChI=1S/C15H17N3O4/c19-14-10-4-1-2-5-11(10)17-9-18(14)8-15(20)21-12-6-3-7-16-13(12)22-15/h1-2,4-5,9,12-13,16,20H,3,6-8H2/t12-,13-,15?/m0/s1. The van der Waals surface area contributed by atoms with Crippen molar-refractivity contribution < 1.29 is 14.6 Å². The van der Waals surface area contributed by atoms with Crippen LogP contribution in [-0.4, -0.2) is 39.5 Å². The molecule has 3 atom stereocenters. The lowest BCUT2D eigenvalue weighted by Crippen LogP contribution is -2.43. The lowest BCUT2D eigenvalue weighted by molar-refractivity contribution is -0.324. The van der Waals surface area contributed by atoms with Crippen molar-refractivity contribution in [1.82, 2.24) is 14.9 Å². The van der Waals surface area contributed by atoms with Gasteiger partial charge in [0.1, 0.15) is 18.9 Å². The van der Waals surface area contributed by atoms with Crippen molar-refractivity contribution in [3.05, 3.63) is 40.9 Å². The molecule has 3 heterocycles. The first-order chi connectivity index (χ1) is 10.6. The Hall–Kier alpha value is -1.80. The minimum Gasteiger partial charge on any atom is -0.342 e. The largest absolute Gasteiger partial charge is 0.342 e. The molecule has 2 fully saturated rings. The minimum absolute atomic E-state index is 0.113. The average molecular weight is 303 g/mol. The maximum Gasteiger partial charge on any atom is 0.301 e. The number of hydrogen-bond acceptors (Lipinski definition) is 6. The molecule has 1 unspecified atom stereocenters. The van der Waals surface area contributed by atoms with Gasteiger partial charge in [-0.2, -0.15) is 0 Å². The van der Waals surface area contributed by atoms with Crippen LogP contribution in [0.4, 0.5) is 0 Å². The van der Waals surface area contributed by atoms with Crippen molar-refractivity contribution in [1.29, 1.82) is 0 Å². The van der Waals surface area contributed by atoms with Crippen molar-refractivity contribution >= 4 is 10.9 Å². The highest BCUT2D eigenvalue weighted by molar-refractivity contribution is 5.76. The third-order valence-corrected chi connectivity index (χ3v) is 4.10. The highest BCUT2D eigenvalue weighted by Crippen LogP contribution is 2.31. The van der Waals surface area contributed by atoms with Crippen LogP contribution in [0.1, 0.15) is 12.8 Å². The molecule has 2 aliphatic heterocycles. The highest BCUT2D eigenvalue weighted by Gasteiger charge is 2.47. The lowest BCUT2D eigenvalue weighted by Gasteiger charge is -2.22. The van der Waals surface area contributed by atoms with E-state index in [0.717, 1.165) is 19.4 Å². The van der Waals surface area contributed by atoms with Crippen LogP contribution < -0.4 is 10.9 Å². The van der Waals surface area contributed by atoms with E-state index < -0.39 is 5.97 Å². The van der Waals surface area contributed by atoms with Gasteiger partial charge in [0.25, 0.3) is 5.56 Å². The monoisotopic (exact) mass is 303 g/mol. The number of aliphatic hydroxyl groups is 1. The minimum atomic E-state index is -1.80. The number of fused-ring (bicyclic) bond motifs is 2. The van der Waals surface area contributed by atoms with Crippen molar-refractivity contribution in [3.8, 4) is 0 Å². The number of piperidine rings is 1. The van der Waals surface area contributed by atoms with Gasteiger partial charge in [-0.3, -0.25) is 14.7 Å². The van der Waals surface area contributed by atoms with E-state index in [1.54, 1.807) is 18.2 Å². The summed E-state index contributed by atoms with van der Waals surface area (Å²) in [5.74, 6) is -1.80. The van der Waals surface area contributed by atoms with E-state index >= 15 is 0 Å². The number of hydrogen-bond donors (Lipinski definition) is 2. The summed E-state index contributed by atoms with van der Waals surface area (Å²) in [6, 6.07) is 7.09. The van der Waals surface area contributed by atoms with Gasteiger partial charge >= 0.3 is 5.97 Å². The predicted octanol–water partition coefficient (Wildman–Crippen LogP) is 0.167. The van der Waals surface area contributed by atoms with Crippen LogP contribution in [0.15, 0.2) is 35.4 Å². The molecule has 7 heteroatoms. The molecule has 22 heavy (non-hydrogen) atoms. The Bertz CT molecular complexity index is 746. The zero-order valence-corrected chi connectivity index (χ0v) is 11.9. The third kappa shape index (κ3) is 2.32. The zero-order chi connectivity index (χ0) is 15.2. The molecule has 0 spiro atoms. The Morgan fingerprint density at radius 3 is 3.14 bits per heavy atom. The van der Waals surface area contributed by atoms with Gasteiger partial charge in [-0.15, -0.1) is 0 Å². The van der Waals surface area contributed by atoms with Crippen molar-refractivity contribution in [2.75, 3.05) is 6.54 Å². The normalized spacial score (nSPS) is 31.3. The van der Waals surface area contributed by atoms with Gasteiger partial charge in [-0.1, -0.05) is 12.1 Å². The second-order valence-corrected chi connectivity index (χ2v) is 5.70. The van der Waals surface area contributed by atoms with E-state index in [2.05, 4.69) is 10.3 Å². The fraction of sp³-hybridized carbons (Fsp3) is 0.467. The first kappa shape index (κ1) is 13.8. The zero-order valence-electron chi connectivity index (χ0n) is 11.9. The van der Waals surface area contributed by atoms with E-state index in [0.29, 0.717) is 10.9 Å². The van der Waals surface area contributed by atoms with Gasteiger partial charge in [0.2, 0.25) is 0 Å². The smallest absolute Gasteiger partial charge is 0.301 e. The molecule has 0 radical (unpaired) electrons. The van der Waals surface area contributed by atoms with Gasteiger partial charge < -0.3 is 14.6 Å². The lowest BCUT2D eigenvalue weighted by atomic mass is 10.1. The fourth-order valence-electron chi connectivity index (χ4n) is 3.04. The quantitative estimate of drug-likeness (QED) is 0.822. The molecule has 0 aliphatic carbocycles. The van der Waals surface area contributed by atoms with Crippen LogP contribution in [0.25, 0.3) is 10.9 Å². The summed E-state index contributed by atoms with van der Waals surface area (Å²) in [5, 5.41) is 14.2. The molecule has 1 aromatic carbocycles. The first-order valence-electron chi connectivity index (χ1n) is 7.40. The second kappa shape index (κ2) is 5.13. The number of benzene rings is 1. The van der Waals surface area contributed by atoms with Crippen LogP contribution >= 0.6 is 0 Å². The number of nitrogens with zero attached hydrogens (tertiary/aromatic N) is 2. The van der Waals surface area contributed by atoms with Gasteiger partial charge in [0.05, 0.1) is 17.2 Å². The van der Waals surface area contributed by atoms with E-state index in [-0.39, 0.29) is 24.4 Å². The van der Waals surface area contributed by atoms with E-state index in [1.165, 1.54) is 10.9 Å². The Balaban J connectivity index is 1.63. The first-order valence-corrected chi connectivity index (χ1v) is 7.40. The number of nitrogens with one attached hydrogen (secondary N) is 1. The van der Waals surface area contributed by atoms with E-state index in [4.69, 9.17) is 9.47 Å². The Kier molecular flexibility index (Phi) is 3.23. The SMILES string of the molecule is O=c1c2ccccc2ncn1CC1(O)O[C@H]2CCCN[C@H]2O1. The molecule has 116 valence electrons. The number of ether oxygens (including phenoxy) is 2. The summed E-state index contributed by atoms with van der Waals surface area (Å²) in [6.45, 7) is 0.719. The van der Waals surface area contributed by atoms with Gasteiger partial charge in [-0.25, -0.2) is 4.98 Å².